The quantitative estimate of drug-likeness (QED) is 0.322. The summed E-state index contributed by atoms with van der Waals surface area (Å²) in [6.07, 6.45) is -0.232. The molecule has 0 atom stereocenters. The highest BCUT2D eigenvalue weighted by molar-refractivity contribution is 6.08. The average Bonchev–Trinajstić information content (AvgIpc) is 2.75. The molecule has 9 heteroatoms. The molecule has 1 heterocycles. The Morgan fingerprint density at radius 3 is 2.24 bits per heavy atom. The molecule has 2 aliphatic rings. The van der Waals surface area contributed by atoms with Crippen LogP contribution < -0.4 is 5.43 Å². The monoisotopic (exact) mass is 448 g/mol. The lowest BCUT2D eigenvalue weighted by molar-refractivity contribution is -0.136. The van der Waals surface area contributed by atoms with Gasteiger partial charge < -0.3 is 24.8 Å². The van der Waals surface area contributed by atoms with Crippen LogP contribution in [-0.2, 0) is 11.2 Å². The zero-order chi connectivity index (χ0) is 23.9. The standard InChI is InChI=1S/C24H16O9/c25-13-3-5-15-19(9-13)33-20-10-18(26)11(2-6-21(27)28)7-17(20)22(15)14-4-1-12(23(29)30)8-16(14)24(31)32/h1,3-5,7-10,26H,2,6H2,(H,27,28)(H,29,30)(H,31,32). The summed E-state index contributed by atoms with van der Waals surface area (Å²) < 4.78 is 5.80. The van der Waals surface area contributed by atoms with Crippen molar-refractivity contribution in [2.45, 2.75) is 12.8 Å². The maximum absolute atomic E-state index is 12.0. The normalized spacial score (nSPS) is 11.0. The van der Waals surface area contributed by atoms with Crippen molar-refractivity contribution in [2.75, 3.05) is 0 Å². The van der Waals surface area contributed by atoms with E-state index in [1.54, 1.807) is 0 Å². The first-order chi connectivity index (χ1) is 15.7. The number of carboxylic acids is 3. The van der Waals surface area contributed by atoms with Gasteiger partial charge in [0.1, 0.15) is 17.1 Å². The molecule has 4 N–H and O–H groups in total. The molecule has 4 rings (SSSR count). The number of hydrogen-bond acceptors (Lipinski definition) is 6. The predicted octanol–water partition coefficient (Wildman–Crippen LogP) is 3.68. The van der Waals surface area contributed by atoms with Gasteiger partial charge in [-0.05, 0) is 47.9 Å². The van der Waals surface area contributed by atoms with Gasteiger partial charge in [-0.25, -0.2) is 9.59 Å². The fraction of sp³-hybridized carbons (Fsp3) is 0.0833. The van der Waals surface area contributed by atoms with E-state index >= 15 is 0 Å². The molecule has 1 aliphatic heterocycles. The third-order valence-electron chi connectivity index (χ3n) is 5.27. The van der Waals surface area contributed by atoms with Crippen molar-refractivity contribution >= 4 is 28.9 Å². The largest absolute Gasteiger partial charge is 0.508 e. The van der Waals surface area contributed by atoms with Crippen LogP contribution in [0.15, 0.2) is 57.7 Å². The Morgan fingerprint density at radius 2 is 1.58 bits per heavy atom. The van der Waals surface area contributed by atoms with Crippen LogP contribution in [0.25, 0.3) is 33.4 Å². The molecule has 2 aromatic carbocycles. The number of benzene rings is 3. The first-order valence-electron chi connectivity index (χ1n) is 9.71. The first-order valence-corrected chi connectivity index (χ1v) is 9.71. The summed E-state index contributed by atoms with van der Waals surface area (Å²) in [5.41, 5.74) is 0.505. The molecule has 1 aliphatic carbocycles. The minimum absolute atomic E-state index is 0.0117. The molecule has 166 valence electrons. The predicted molar refractivity (Wildman–Crippen MR) is 116 cm³/mol. The highest BCUT2D eigenvalue weighted by Crippen LogP contribution is 2.43. The lowest BCUT2D eigenvalue weighted by atomic mass is 9.89. The molecule has 0 amide bonds. The molecule has 0 fully saturated rings. The second-order valence-electron chi connectivity index (χ2n) is 7.38. The van der Waals surface area contributed by atoms with Gasteiger partial charge in [-0.3, -0.25) is 9.59 Å². The van der Waals surface area contributed by atoms with Crippen molar-refractivity contribution in [3.8, 4) is 28.2 Å². The van der Waals surface area contributed by atoms with E-state index < -0.39 is 17.9 Å². The lowest BCUT2D eigenvalue weighted by Crippen LogP contribution is -2.06. The van der Waals surface area contributed by atoms with Gasteiger partial charge in [0, 0.05) is 35.1 Å². The first kappa shape index (κ1) is 21.6. The third-order valence-corrected chi connectivity index (χ3v) is 5.27. The SMILES string of the molecule is O=C(O)CCc1cc2c(-c3ccc(C(=O)O)cc3C(=O)O)c3ccc(=O)cc-3oc2cc1O. The molecule has 0 spiro atoms. The topological polar surface area (TPSA) is 162 Å². The number of hydrogen-bond donors (Lipinski definition) is 4. The smallest absolute Gasteiger partial charge is 0.336 e. The van der Waals surface area contributed by atoms with E-state index in [0.29, 0.717) is 22.1 Å². The van der Waals surface area contributed by atoms with Crippen molar-refractivity contribution in [2.24, 2.45) is 0 Å². The summed E-state index contributed by atoms with van der Waals surface area (Å²) in [5, 5.41) is 38.8. The molecule has 33 heavy (non-hydrogen) atoms. The third kappa shape index (κ3) is 3.99. The van der Waals surface area contributed by atoms with Crippen LogP contribution in [-0.4, -0.2) is 38.3 Å². The molecule has 0 bridgehead atoms. The van der Waals surface area contributed by atoms with Crippen molar-refractivity contribution < 1.29 is 39.2 Å². The van der Waals surface area contributed by atoms with E-state index in [4.69, 9.17) is 9.52 Å². The minimum atomic E-state index is -1.36. The van der Waals surface area contributed by atoms with Crippen LogP contribution in [0.5, 0.6) is 5.75 Å². The minimum Gasteiger partial charge on any atom is -0.508 e. The summed E-state index contributed by atoms with van der Waals surface area (Å²) in [7, 11) is 0. The Morgan fingerprint density at radius 1 is 0.848 bits per heavy atom. The van der Waals surface area contributed by atoms with E-state index in [2.05, 4.69) is 0 Å². The summed E-state index contributed by atoms with van der Waals surface area (Å²) in [5.74, 6) is -3.78. The van der Waals surface area contributed by atoms with Crippen molar-refractivity contribution in [3.05, 3.63) is 75.4 Å². The number of aromatic hydroxyl groups is 1. The van der Waals surface area contributed by atoms with Gasteiger partial charge in [0.05, 0.1) is 11.1 Å². The van der Waals surface area contributed by atoms with Gasteiger partial charge in [-0.2, -0.15) is 0 Å². The molecular weight excluding hydrogens is 432 g/mol. The Balaban J connectivity index is 2.12. The summed E-state index contributed by atoms with van der Waals surface area (Å²) in [6.45, 7) is 0. The van der Waals surface area contributed by atoms with E-state index in [1.807, 2.05) is 0 Å². The van der Waals surface area contributed by atoms with Crippen molar-refractivity contribution in [1.29, 1.82) is 0 Å². The zero-order valence-electron chi connectivity index (χ0n) is 16.9. The van der Waals surface area contributed by atoms with Gasteiger partial charge in [0.15, 0.2) is 5.43 Å². The van der Waals surface area contributed by atoms with Crippen LogP contribution >= 0.6 is 0 Å². The van der Waals surface area contributed by atoms with Gasteiger partial charge in [-0.15, -0.1) is 0 Å². The second kappa shape index (κ2) is 8.12. The van der Waals surface area contributed by atoms with E-state index in [1.165, 1.54) is 42.5 Å². The number of aliphatic carboxylic acids is 1. The summed E-state index contributed by atoms with van der Waals surface area (Å²) >= 11 is 0. The molecule has 0 aromatic heterocycles. The van der Waals surface area contributed by atoms with Crippen LogP contribution in [0, 0.1) is 0 Å². The highest BCUT2D eigenvalue weighted by atomic mass is 16.4. The van der Waals surface area contributed by atoms with Crippen molar-refractivity contribution in [1.82, 2.24) is 0 Å². The zero-order valence-corrected chi connectivity index (χ0v) is 16.9. The molecular formula is C24H16O9. The summed E-state index contributed by atoms with van der Waals surface area (Å²) in [4.78, 5) is 46.3. The Labute approximate surface area is 185 Å². The fourth-order valence-corrected chi connectivity index (χ4v) is 3.76. The van der Waals surface area contributed by atoms with Crippen LogP contribution in [0.1, 0.15) is 32.7 Å². The number of aromatic carboxylic acids is 2. The number of aryl methyl sites for hydroxylation is 1. The van der Waals surface area contributed by atoms with Crippen LogP contribution in [0.2, 0.25) is 0 Å². The number of rotatable bonds is 6. The van der Waals surface area contributed by atoms with E-state index in [9.17, 15) is 34.5 Å². The van der Waals surface area contributed by atoms with Gasteiger partial charge in [-0.1, -0.05) is 6.07 Å². The molecule has 0 saturated heterocycles. The molecule has 0 radical (unpaired) electrons. The molecule has 2 aromatic rings. The maximum Gasteiger partial charge on any atom is 0.336 e. The Kier molecular flexibility index (Phi) is 5.31. The van der Waals surface area contributed by atoms with Gasteiger partial charge in [0.2, 0.25) is 0 Å². The number of carboxylic acid groups (broad SMARTS) is 3. The van der Waals surface area contributed by atoms with Crippen LogP contribution in [0.3, 0.4) is 0 Å². The number of phenols is 1. The fourth-order valence-electron chi connectivity index (χ4n) is 3.76. The molecule has 0 unspecified atom stereocenters. The van der Waals surface area contributed by atoms with Gasteiger partial charge in [0.25, 0.3) is 0 Å². The molecule has 9 nitrogen and oxygen atoms in total. The van der Waals surface area contributed by atoms with Crippen LogP contribution in [0.4, 0.5) is 0 Å². The number of carbonyl (C=O) groups is 3. The highest BCUT2D eigenvalue weighted by Gasteiger charge is 2.24. The lowest BCUT2D eigenvalue weighted by Gasteiger charge is -2.18. The van der Waals surface area contributed by atoms with Crippen molar-refractivity contribution in [3.63, 3.8) is 0 Å². The Hall–Kier alpha value is -4.66. The second-order valence-corrected chi connectivity index (χ2v) is 7.38. The van der Waals surface area contributed by atoms with E-state index in [0.717, 1.165) is 6.07 Å². The summed E-state index contributed by atoms with van der Waals surface area (Å²) in [6, 6.07) is 10.4. The van der Waals surface area contributed by atoms with E-state index in [-0.39, 0.29) is 52.1 Å². The number of fused-ring (bicyclic) bond motifs is 2. The number of phenolic OH excluding ortho intramolecular Hbond substituents is 1. The maximum atomic E-state index is 12.0. The molecule has 0 saturated carbocycles. The van der Waals surface area contributed by atoms with Gasteiger partial charge >= 0.3 is 17.9 Å². The average molecular weight is 448 g/mol. The Bertz CT molecular complexity index is 1480.